The molecule has 120 valence electrons. The lowest BCUT2D eigenvalue weighted by Crippen LogP contribution is -2.45. The fourth-order valence-electron chi connectivity index (χ4n) is 1.54. The van der Waals surface area contributed by atoms with Crippen LogP contribution in [0.4, 0.5) is 10.6 Å². The van der Waals surface area contributed by atoms with E-state index in [9.17, 15) is 4.79 Å². The number of nitriles is 1. The van der Waals surface area contributed by atoms with Crippen LogP contribution in [0.25, 0.3) is 0 Å². The first kappa shape index (κ1) is 17.7. The molecule has 0 atom stereocenters. The van der Waals surface area contributed by atoms with E-state index in [1.54, 1.807) is 11.1 Å². The van der Waals surface area contributed by atoms with Gasteiger partial charge in [0.25, 0.3) is 0 Å². The van der Waals surface area contributed by atoms with Gasteiger partial charge in [-0.05, 0) is 11.3 Å². The highest BCUT2D eigenvalue weighted by Gasteiger charge is 2.18. The Bertz CT molecular complexity index is 546. The summed E-state index contributed by atoms with van der Waals surface area (Å²) in [6.45, 7) is 10.8. The van der Waals surface area contributed by atoms with Gasteiger partial charge in [0.1, 0.15) is 6.07 Å². The van der Waals surface area contributed by atoms with Crippen LogP contribution in [-0.4, -0.2) is 29.2 Å². The zero-order valence-electron chi connectivity index (χ0n) is 13.8. The third kappa shape index (κ3) is 6.39. The molecular formula is C15H23N5O2. The van der Waals surface area contributed by atoms with E-state index in [1.165, 1.54) is 6.20 Å². The lowest BCUT2D eigenvalue weighted by molar-refractivity contribution is 0.105. The lowest BCUT2D eigenvalue weighted by atomic mass is 9.99. The van der Waals surface area contributed by atoms with E-state index in [0.29, 0.717) is 19.0 Å². The van der Waals surface area contributed by atoms with Crippen molar-refractivity contribution in [2.24, 2.45) is 11.3 Å². The number of ether oxygens (including phenoxy) is 1. The summed E-state index contributed by atoms with van der Waals surface area (Å²) in [6, 6.07) is 3.51. The van der Waals surface area contributed by atoms with Gasteiger partial charge in [0.15, 0.2) is 5.82 Å². The van der Waals surface area contributed by atoms with E-state index in [0.717, 1.165) is 0 Å². The second-order valence-electron chi connectivity index (χ2n) is 6.60. The van der Waals surface area contributed by atoms with Crippen molar-refractivity contribution in [3.05, 3.63) is 18.1 Å². The van der Waals surface area contributed by atoms with Gasteiger partial charge in [0.2, 0.25) is 5.82 Å². The maximum absolute atomic E-state index is 11.9. The summed E-state index contributed by atoms with van der Waals surface area (Å²) < 4.78 is 5.20. The molecule has 0 radical (unpaired) electrons. The SMILES string of the molecule is CC(C)CN(NC(=O)OCC(C)(C)C)c1ccnc(C#N)n1. The first-order valence-corrected chi connectivity index (χ1v) is 7.15. The average Bonchev–Trinajstić information content (AvgIpc) is 2.43. The molecule has 0 saturated heterocycles. The summed E-state index contributed by atoms with van der Waals surface area (Å²) in [7, 11) is 0. The van der Waals surface area contributed by atoms with E-state index in [1.807, 2.05) is 40.7 Å². The maximum Gasteiger partial charge on any atom is 0.426 e. The van der Waals surface area contributed by atoms with Crippen molar-refractivity contribution < 1.29 is 9.53 Å². The van der Waals surface area contributed by atoms with Gasteiger partial charge >= 0.3 is 6.09 Å². The summed E-state index contributed by atoms with van der Waals surface area (Å²) in [5.41, 5.74) is 2.55. The van der Waals surface area contributed by atoms with Crippen molar-refractivity contribution in [1.82, 2.24) is 15.4 Å². The van der Waals surface area contributed by atoms with Crippen molar-refractivity contribution >= 4 is 11.9 Å². The van der Waals surface area contributed by atoms with Crippen LogP contribution in [0.5, 0.6) is 0 Å². The number of nitrogens with one attached hydrogen (secondary N) is 1. The summed E-state index contributed by atoms with van der Waals surface area (Å²) >= 11 is 0. The van der Waals surface area contributed by atoms with Crippen molar-refractivity contribution in [1.29, 1.82) is 5.26 Å². The molecule has 0 aromatic carbocycles. The van der Waals surface area contributed by atoms with Crippen LogP contribution in [0, 0.1) is 22.7 Å². The summed E-state index contributed by atoms with van der Waals surface area (Å²) in [5, 5.41) is 10.4. The number of aromatic nitrogens is 2. The first-order valence-electron chi connectivity index (χ1n) is 7.15. The molecule has 1 aromatic heterocycles. The smallest absolute Gasteiger partial charge is 0.426 e. The Morgan fingerprint density at radius 2 is 2.18 bits per heavy atom. The molecule has 0 aliphatic carbocycles. The average molecular weight is 305 g/mol. The molecule has 0 saturated carbocycles. The highest BCUT2D eigenvalue weighted by molar-refractivity contribution is 5.69. The molecule has 1 aromatic rings. The molecule has 7 heteroatoms. The number of amides is 1. The van der Waals surface area contributed by atoms with Crippen LogP contribution in [0.3, 0.4) is 0 Å². The van der Waals surface area contributed by atoms with Crippen molar-refractivity contribution in [2.45, 2.75) is 34.6 Å². The van der Waals surface area contributed by atoms with Crippen molar-refractivity contribution in [3.8, 4) is 6.07 Å². The molecule has 7 nitrogen and oxygen atoms in total. The number of nitrogens with zero attached hydrogens (tertiary/aromatic N) is 4. The molecule has 1 N–H and O–H groups in total. The van der Waals surface area contributed by atoms with Crippen LogP contribution in [0.2, 0.25) is 0 Å². The third-order valence-electron chi connectivity index (χ3n) is 2.43. The highest BCUT2D eigenvalue weighted by Crippen LogP contribution is 2.14. The minimum Gasteiger partial charge on any atom is -0.448 e. The Hall–Kier alpha value is -2.36. The van der Waals surface area contributed by atoms with Crippen molar-refractivity contribution in [2.75, 3.05) is 18.2 Å². The van der Waals surface area contributed by atoms with Crippen LogP contribution < -0.4 is 10.4 Å². The summed E-state index contributed by atoms with van der Waals surface area (Å²) in [5.74, 6) is 0.785. The topological polar surface area (TPSA) is 91.1 Å². The van der Waals surface area contributed by atoms with Gasteiger partial charge in [-0.1, -0.05) is 34.6 Å². The Balaban J connectivity index is 2.80. The second kappa shape index (κ2) is 7.59. The first-order chi connectivity index (χ1) is 10.2. The van der Waals surface area contributed by atoms with Gasteiger partial charge in [-0.3, -0.25) is 5.01 Å². The van der Waals surface area contributed by atoms with E-state index in [-0.39, 0.29) is 17.2 Å². The number of hydrogen-bond acceptors (Lipinski definition) is 6. The molecule has 1 heterocycles. The summed E-state index contributed by atoms with van der Waals surface area (Å²) in [6.07, 6.45) is 0.934. The molecule has 0 bridgehead atoms. The minimum atomic E-state index is -0.548. The molecule has 0 spiro atoms. The monoisotopic (exact) mass is 305 g/mol. The quantitative estimate of drug-likeness (QED) is 0.840. The largest absolute Gasteiger partial charge is 0.448 e. The number of hydrogen-bond donors (Lipinski definition) is 1. The molecule has 0 unspecified atom stereocenters. The zero-order chi connectivity index (χ0) is 16.8. The Labute approximate surface area is 131 Å². The van der Waals surface area contributed by atoms with Gasteiger partial charge < -0.3 is 4.74 Å². The van der Waals surface area contributed by atoms with E-state index >= 15 is 0 Å². The third-order valence-corrected chi connectivity index (χ3v) is 2.43. The van der Waals surface area contributed by atoms with Crippen LogP contribution in [0.1, 0.15) is 40.4 Å². The van der Waals surface area contributed by atoms with Crippen LogP contribution in [-0.2, 0) is 4.74 Å². The molecule has 0 fully saturated rings. The van der Waals surface area contributed by atoms with E-state index in [4.69, 9.17) is 10.00 Å². The van der Waals surface area contributed by atoms with Crippen molar-refractivity contribution in [3.63, 3.8) is 0 Å². The standard InChI is InChI=1S/C15H23N5O2/c1-11(2)9-20(13-6-7-17-12(8-16)18-13)19-14(21)22-10-15(3,4)5/h6-7,11H,9-10H2,1-5H3,(H,19,21). The van der Waals surface area contributed by atoms with Gasteiger partial charge in [-0.2, -0.15) is 10.2 Å². The van der Waals surface area contributed by atoms with E-state index < -0.39 is 6.09 Å². The Morgan fingerprint density at radius 1 is 1.50 bits per heavy atom. The number of carbonyl (C=O) groups is 1. The van der Waals surface area contributed by atoms with E-state index in [2.05, 4.69) is 15.4 Å². The van der Waals surface area contributed by atoms with Gasteiger partial charge in [0, 0.05) is 18.8 Å². The van der Waals surface area contributed by atoms with Crippen LogP contribution >= 0.6 is 0 Å². The molecule has 0 aliphatic rings. The molecular weight excluding hydrogens is 282 g/mol. The fourth-order valence-corrected chi connectivity index (χ4v) is 1.54. The summed E-state index contributed by atoms with van der Waals surface area (Å²) in [4.78, 5) is 19.8. The minimum absolute atomic E-state index is 0.0520. The predicted octanol–water partition coefficient (Wildman–Crippen LogP) is 2.50. The predicted molar refractivity (Wildman–Crippen MR) is 82.9 cm³/mol. The lowest BCUT2D eigenvalue weighted by Gasteiger charge is -2.26. The Kier molecular flexibility index (Phi) is 6.11. The maximum atomic E-state index is 11.9. The van der Waals surface area contributed by atoms with Crippen LogP contribution in [0.15, 0.2) is 12.3 Å². The molecule has 1 rings (SSSR count). The number of carbonyl (C=O) groups excluding carboxylic acids is 1. The zero-order valence-corrected chi connectivity index (χ0v) is 13.8. The molecule has 0 aliphatic heterocycles. The Morgan fingerprint density at radius 3 is 2.73 bits per heavy atom. The van der Waals surface area contributed by atoms with Gasteiger partial charge in [-0.25, -0.2) is 15.2 Å². The number of hydrazine groups is 1. The normalized spacial score (nSPS) is 11.0. The second-order valence-corrected chi connectivity index (χ2v) is 6.60. The number of anilines is 1. The van der Waals surface area contributed by atoms with Gasteiger partial charge in [-0.15, -0.1) is 0 Å². The molecule has 1 amide bonds. The fraction of sp³-hybridized carbons (Fsp3) is 0.600. The number of rotatable bonds is 5. The molecule has 22 heavy (non-hydrogen) atoms. The van der Waals surface area contributed by atoms with Gasteiger partial charge in [0.05, 0.1) is 6.61 Å². The highest BCUT2D eigenvalue weighted by atomic mass is 16.6.